The highest BCUT2D eigenvalue weighted by atomic mass is 19.1. The van der Waals surface area contributed by atoms with E-state index in [1.807, 2.05) is 18.2 Å². The molecule has 0 aliphatic rings. The molecule has 108 valence electrons. The van der Waals surface area contributed by atoms with E-state index in [4.69, 9.17) is 4.42 Å². The SMILES string of the molecule is CCCNC(c1ccncc1)c1cc2cc(F)ccc2o1. The van der Waals surface area contributed by atoms with Crippen LogP contribution in [0.5, 0.6) is 0 Å². The number of nitrogens with one attached hydrogen (secondary N) is 1. The molecule has 2 heterocycles. The van der Waals surface area contributed by atoms with Gasteiger partial charge in [0.25, 0.3) is 0 Å². The molecule has 0 aliphatic carbocycles. The number of pyridine rings is 1. The van der Waals surface area contributed by atoms with Crippen LogP contribution in [0, 0.1) is 5.82 Å². The number of fused-ring (bicyclic) bond motifs is 1. The summed E-state index contributed by atoms with van der Waals surface area (Å²) >= 11 is 0. The second kappa shape index (κ2) is 6.06. The summed E-state index contributed by atoms with van der Waals surface area (Å²) in [5.41, 5.74) is 1.78. The summed E-state index contributed by atoms with van der Waals surface area (Å²) in [7, 11) is 0. The molecule has 3 aromatic rings. The van der Waals surface area contributed by atoms with Gasteiger partial charge in [0.2, 0.25) is 0 Å². The lowest BCUT2D eigenvalue weighted by Gasteiger charge is -2.16. The van der Waals surface area contributed by atoms with E-state index >= 15 is 0 Å². The van der Waals surface area contributed by atoms with E-state index in [2.05, 4.69) is 17.2 Å². The van der Waals surface area contributed by atoms with Crippen molar-refractivity contribution in [1.29, 1.82) is 0 Å². The number of aromatic nitrogens is 1. The Bertz CT molecular complexity index is 724. The number of furan rings is 1. The van der Waals surface area contributed by atoms with Crippen LogP contribution in [0.4, 0.5) is 4.39 Å². The van der Waals surface area contributed by atoms with Crippen molar-refractivity contribution in [3.05, 3.63) is 65.9 Å². The molecule has 1 N–H and O–H groups in total. The zero-order valence-electron chi connectivity index (χ0n) is 11.8. The summed E-state index contributed by atoms with van der Waals surface area (Å²) in [4.78, 5) is 4.05. The molecular formula is C17H17FN2O. The first-order chi connectivity index (χ1) is 10.3. The van der Waals surface area contributed by atoms with Gasteiger partial charge in [-0.15, -0.1) is 0 Å². The fraction of sp³-hybridized carbons (Fsp3) is 0.235. The molecule has 2 aromatic heterocycles. The molecule has 1 atom stereocenters. The van der Waals surface area contributed by atoms with Crippen molar-refractivity contribution in [2.45, 2.75) is 19.4 Å². The number of hydrogen-bond acceptors (Lipinski definition) is 3. The Morgan fingerprint density at radius 3 is 2.76 bits per heavy atom. The highest BCUT2D eigenvalue weighted by Crippen LogP contribution is 2.28. The molecule has 0 saturated heterocycles. The number of halogens is 1. The van der Waals surface area contributed by atoms with Gasteiger partial charge in [0.05, 0.1) is 6.04 Å². The highest BCUT2D eigenvalue weighted by Gasteiger charge is 2.18. The molecule has 3 nitrogen and oxygen atoms in total. The predicted octanol–water partition coefficient (Wildman–Crippen LogP) is 4.06. The van der Waals surface area contributed by atoms with Gasteiger partial charge in [0.15, 0.2) is 0 Å². The number of hydrogen-bond donors (Lipinski definition) is 1. The third-order valence-electron chi connectivity index (χ3n) is 3.42. The number of benzene rings is 1. The quantitative estimate of drug-likeness (QED) is 0.768. The summed E-state index contributed by atoms with van der Waals surface area (Å²) in [6.07, 6.45) is 4.55. The minimum Gasteiger partial charge on any atom is -0.459 e. The normalized spacial score (nSPS) is 12.7. The Morgan fingerprint density at radius 2 is 2.00 bits per heavy atom. The third-order valence-corrected chi connectivity index (χ3v) is 3.42. The van der Waals surface area contributed by atoms with Crippen LogP contribution in [0.2, 0.25) is 0 Å². The topological polar surface area (TPSA) is 38.1 Å². The Hall–Kier alpha value is -2.20. The van der Waals surface area contributed by atoms with E-state index < -0.39 is 0 Å². The second-order valence-electron chi connectivity index (χ2n) is 5.00. The molecule has 0 saturated carbocycles. The molecule has 1 unspecified atom stereocenters. The van der Waals surface area contributed by atoms with E-state index in [1.54, 1.807) is 18.5 Å². The molecule has 0 bridgehead atoms. The largest absolute Gasteiger partial charge is 0.459 e. The summed E-state index contributed by atoms with van der Waals surface area (Å²) in [5, 5.41) is 4.24. The van der Waals surface area contributed by atoms with Crippen molar-refractivity contribution in [2.24, 2.45) is 0 Å². The standard InChI is InChI=1S/C17H17FN2O/c1-2-7-20-17(12-5-8-19-9-6-12)16-11-13-10-14(18)3-4-15(13)21-16/h3-6,8-11,17,20H,2,7H2,1H3. The van der Waals surface area contributed by atoms with Crippen molar-refractivity contribution in [2.75, 3.05) is 6.54 Å². The van der Waals surface area contributed by atoms with Gasteiger partial charge in [-0.1, -0.05) is 6.92 Å². The zero-order chi connectivity index (χ0) is 14.7. The van der Waals surface area contributed by atoms with Gasteiger partial charge in [0.1, 0.15) is 17.2 Å². The Labute approximate surface area is 122 Å². The first-order valence-corrected chi connectivity index (χ1v) is 7.10. The lowest BCUT2D eigenvalue weighted by molar-refractivity contribution is 0.469. The monoisotopic (exact) mass is 284 g/mol. The zero-order valence-corrected chi connectivity index (χ0v) is 11.8. The number of nitrogens with zero attached hydrogens (tertiary/aromatic N) is 1. The van der Waals surface area contributed by atoms with Crippen LogP contribution < -0.4 is 5.32 Å². The van der Waals surface area contributed by atoms with Crippen LogP contribution in [0.15, 0.2) is 53.2 Å². The van der Waals surface area contributed by atoms with E-state index in [9.17, 15) is 4.39 Å². The Morgan fingerprint density at radius 1 is 1.19 bits per heavy atom. The van der Waals surface area contributed by atoms with Gasteiger partial charge in [-0.3, -0.25) is 4.98 Å². The maximum absolute atomic E-state index is 13.3. The summed E-state index contributed by atoms with van der Waals surface area (Å²) < 4.78 is 19.2. The molecule has 3 rings (SSSR count). The fourth-order valence-corrected chi connectivity index (χ4v) is 2.40. The molecule has 4 heteroatoms. The van der Waals surface area contributed by atoms with E-state index in [-0.39, 0.29) is 11.9 Å². The van der Waals surface area contributed by atoms with Crippen molar-refractivity contribution >= 4 is 11.0 Å². The molecule has 0 fully saturated rings. The highest BCUT2D eigenvalue weighted by molar-refractivity contribution is 5.78. The molecule has 0 aliphatic heterocycles. The first kappa shape index (κ1) is 13.8. The molecule has 0 spiro atoms. The molecule has 21 heavy (non-hydrogen) atoms. The van der Waals surface area contributed by atoms with Gasteiger partial charge in [-0.2, -0.15) is 0 Å². The van der Waals surface area contributed by atoms with Gasteiger partial charge in [0, 0.05) is 17.8 Å². The van der Waals surface area contributed by atoms with Gasteiger partial charge < -0.3 is 9.73 Å². The van der Waals surface area contributed by atoms with E-state index in [1.165, 1.54) is 12.1 Å². The number of rotatable bonds is 5. The molecule has 0 amide bonds. The van der Waals surface area contributed by atoms with Crippen molar-refractivity contribution in [3.8, 4) is 0 Å². The van der Waals surface area contributed by atoms with Crippen LogP contribution in [-0.4, -0.2) is 11.5 Å². The minimum absolute atomic E-state index is 0.0524. The smallest absolute Gasteiger partial charge is 0.134 e. The summed E-state index contributed by atoms with van der Waals surface area (Å²) in [6.45, 7) is 2.99. The predicted molar refractivity (Wildman–Crippen MR) is 80.5 cm³/mol. The molecule has 0 radical (unpaired) electrons. The Kier molecular flexibility index (Phi) is 3.97. The first-order valence-electron chi connectivity index (χ1n) is 7.10. The second-order valence-corrected chi connectivity index (χ2v) is 5.00. The van der Waals surface area contributed by atoms with Crippen LogP contribution in [0.25, 0.3) is 11.0 Å². The van der Waals surface area contributed by atoms with Gasteiger partial charge in [-0.05, 0) is 54.9 Å². The van der Waals surface area contributed by atoms with Gasteiger partial charge >= 0.3 is 0 Å². The van der Waals surface area contributed by atoms with E-state index in [0.717, 1.165) is 29.7 Å². The van der Waals surface area contributed by atoms with Crippen LogP contribution >= 0.6 is 0 Å². The maximum Gasteiger partial charge on any atom is 0.134 e. The van der Waals surface area contributed by atoms with E-state index in [0.29, 0.717) is 5.58 Å². The average molecular weight is 284 g/mol. The fourth-order valence-electron chi connectivity index (χ4n) is 2.40. The maximum atomic E-state index is 13.3. The van der Waals surface area contributed by atoms with Crippen LogP contribution in [-0.2, 0) is 0 Å². The average Bonchev–Trinajstić information content (AvgIpc) is 2.91. The summed E-state index contributed by atoms with van der Waals surface area (Å²) in [5.74, 6) is 0.534. The molecular weight excluding hydrogens is 267 g/mol. The van der Waals surface area contributed by atoms with Crippen LogP contribution in [0.1, 0.15) is 30.7 Å². The van der Waals surface area contributed by atoms with Crippen molar-refractivity contribution < 1.29 is 8.81 Å². The Balaban J connectivity index is 2.01. The van der Waals surface area contributed by atoms with Crippen molar-refractivity contribution in [1.82, 2.24) is 10.3 Å². The minimum atomic E-state index is -0.253. The lowest BCUT2D eigenvalue weighted by Crippen LogP contribution is -2.22. The van der Waals surface area contributed by atoms with Crippen molar-refractivity contribution in [3.63, 3.8) is 0 Å². The third kappa shape index (κ3) is 2.95. The van der Waals surface area contributed by atoms with Crippen LogP contribution in [0.3, 0.4) is 0 Å². The van der Waals surface area contributed by atoms with Gasteiger partial charge in [-0.25, -0.2) is 4.39 Å². The lowest BCUT2D eigenvalue weighted by atomic mass is 10.1. The molecule has 1 aromatic carbocycles. The summed E-state index contributed by atoms with van der Waals surface area (Å²) in [6, 6.07) is 10.3.